The number of aliphatic hydroxyl groups is 1. The number of nitrogens with zero attached hydrogens (tertiary/aromatic N) is 1. The molecule has 1 saturated heterocycles. The molecule has 0 saturated carbocycles. The van der Waals surface area contributed by atoms with Crippen molar-refractivity contribution in [2.45, 2.75) is 32.4 Å². The first-order chi connectivity index (χ1) is 7.41. The molecule has 1 fully saturated rings. The number of primary amides is 1. The van der Waals surface area contributed by atoms with Crippen LogP contribution in [0.4, 0.5) is 4.79 Å². The highest BCUT2D eigenvalue weighted by Gasteiger charge is 2.30. The Morgan fingerprint density at radius 1 is 1.56 bits per heavy atom. The van der Waals surface area contributed by atoms with Crippen LogP contribution in [-0.4, -0.2) is 47.2 Å². The maximum absolute atomic E-state index is 11.5. The first-order valence-corrected chi connectivity index (χ1v) is 5.44. The van der Waals surface area contributed by atoms with Crippen LogP contribution >= 0.6 is 0 Å². The standard InChI is InChI=1S/C10H19N3O3/c1-6-3-4-13(5-8(6)14)7(2)9(15)12-10(11)16/h6-8,14H,3-5H2,1-2H3,(H3,11,12,15,16). The number of carbonyl (C=O) groups is 2. The number of imide groups is 1. The van der Waals surface area contributed by atoms with Gasteiger partial charge in [0.1, 0.15) is 0 Å². The summed E-state index contributed by atoms with van der Waals surface area (Å²) in [6, 6.07) is -1.29. The third-order valence-electron chi connectivity index (χ3n) is 3.12. The fourth-order valence-corrected chi connectivity index (χ4v) is 1.82. The van der Waals surface area contributed by atoms with Crippen molar-refractivity contribution in [3.05, 3.63) is 0 Å². The molecule has 3 amide bonds. The van der Waals surface area contributed by atoms with Crippen LogP contribution in [0.25, 0.3) is 0 Å². The van der Waals surface area contributed by atoms with Gasteiger partial charge in [-0.15, -0.1) is 0 Å². The quantitative estimate of drug-likeness (QED) is 0.582. The number of piperidine rings is 1. The molecular formula is C10H19N3O3. The first-order valence-electron chi connectivity index (χ1n) is 5.44. The summed E-state index contributed by atoms with van der Waals surface area (Å²) in [7, 11) is 0. The lowest BCUT2D eigenvalue weighted by Gasteiger charge is -2.37. The molecule has 0 bridgehead atoms. The predicted octanol–water partition coefficient (Wildman–Crippen LogP) is -0.727. The van der Waals surface area contributed by atoms with Crippen LogP contribution in [0.2, 0.25) is 0 Å². The highest BCUT2D eigenvalue weighted by atomic mass is 16.3. The largest absolute Gasteiger partial charge is 0.392 e. The molecule has 0 aromatic heterocycles. The summed E-state index contributed by atoms with van der Waals surface area (Å²) < 4.78 is 0. The predicted molar refractivity (Wildman–Crippen MR) is 58.5 cm³/mol. The van der Waals surface area contributed by atoms with Gasteiger partial charge in [0, 0.05) is 6.54 Å². The molecule has 92 valence electrons. The van der Waals surface area contributed by atoms with Gasteiger partial charge in [-0.2, -0.15) is 0 Å². The van der Waals surface area contributed by atoms with E-state index in [2.05, 4.69) is 0 Å². The summed E-state index contributed by atoms with van der Waals surface area (Å²) in [6.45, 7) is 4.87. The minimum Gasteiger partial charge on any atom is -0.392 e. The van der Waals surface area contributed by atoms with E-state index in [1.165, 1.54) is 0 Å². The number of hydrogen-bond acceptors (Lipinski definition) is 4. The molecule has 6 heteroatoms. The van der Waals surface area contributed by atoms with Crippen molar-refractivity contribution in [2.75, 3.05) is 13.1 Å². The van der Waals surface area contributed by atoms with Gasteiger partial charge < -0.3 is 10.8 Å². The third kappa shape index (κ3) is 3.18. The van der Waals surface area contributed by atoms with Gasteiger partial charge in [0.2, 0.25) is 5.91 Å². The minimum atomic E-state index is -0.845. The number of hydrogen-bond donors (Lipinski definition) is 3. The molecule has 0 aromatic carbocycles. The van der Waals surface area contributed by atoms with Crippen molar-refractivity contribution in [2.24, 2.45) is 11.7 Å². The van der Waals surface area contributed by atoms with Crippen LogP contribution in [0.1, 0.15) is 20.3 Å². The average Bonchev–Trinajstić information content (AvgIpc) is 2.20. The van der Waals surface area contributed by atoms with E-state index in [-0.39, 0.29) is 5.92 Å². The van der Waals surface area contributed by atoms with Gasteiger partial charge in [0.25, 0.3) is 0 Å². The van der Waals surface area contributed by atoms with E-state index in [4.69, 9.17) is 5.73 Å². The molecule has 1 aliphatic heterocycles. The number of β-amino-alcohol motifs (C(OH)–C–C–N with tert-alkyl or cyclic N) is 1. The zero-order valence-electron chi connectivity index (χ0n) is 9.64. The minimum absolute atomic E-state index is 0.252. The summed E-state index contributed by atoms with van der Waals surface area (Å²) in [4.78, 5) is 23.9. The van der Waals surface area contributed by atoms with Crippen molar-refractivity contribution in [1.82, 2.24) is 10.2 Å². The second kappa shape index (κ2) is 5.27. The third-order valence-corrected chi connectivity index (χ3v) is 3.12. The normalized spacial score (nSPS) is 28.4. The van der Waals surface area contributed by atoms with E-state index in [0.717, 1.165) is 13.0 Å². The number of aliphatic hydroxyl groups excluding tert-OH is 1. The van der Waals surface area contributed by atoms with Gasteiger partial charge in [-0.05, 0) is 25.8 Å². The molecule has 1 heterocycles. The molecule has 0 aromatic rings. The fraction of sp³-hybridized carbons (Fsp3) is 0.800. The molecule has 3 atom stereocenters. The molecule has 6 nitrogen and oxygen atoms in total. The molecular weight excluding hydrogens is 210 g/mol. The van der Waals surface area contributed by atoms with Crippen molar-refractivity contribution in [1.29, 1.82) is 0 Å². The van der Waals surface area contributed by atoms with E-state index in [1.54, 1.807) is 6.92 Å². The van der Waals surface area contributed by atoms with E-state index in [0.29, 0.717) is 6.54 Å². The molecule has 0 spiro atoms. The Bertz CT molecular complexity index is 282. The van der Waals surface area contributed by atoms with Crippen molar-refractivity contribution in [3.8, 4) is 0 Å². The van der Waals surface area contributed by atoms with Gasteiger partial charge >= 0.3 is 6.03 Å². The summed E-state index contributed by atoms with van der Waals surface area (Å²) in [6.07, 6.45) is 0.424. The Morgan fingerprint density at radius 3 is 2.69 bits per heavy atom. The maximum atomic E-state index is 11.5. The number of amides is 3. The lowest BCUT2D eigenvalue weighted by Crippen LogP contribution is -2.53. The first kappa shape index (κ1) is 12.9. The van der Waals surface area contributed by atoms with Crippen LogP contribution in [0.15, 0.2) is 0 Å². The molecule has 0 radical (unpaired) electrons. The summed E-state index contributed by atoms with van der Waals surface area (Å²) in [5, 5.41) is 11.7. The fourth-order valence-electron chi connectivity index (χ4n) is 1.82. The van der Waals surface area contributed by atoms with Crippen molar-refractivity contribution < 1.29 is 14.7 Å². The molecule has 1 rings (SSSR count). The molecule has 3 unspecified atom stereocenters. The summed E-state index contributed by atoms with van der Waals surface area (Å²) >= 11 is 0. The van der Waals surface area contributed by atoms with Gasteiger partial charge in [-0.25, -0.2) is 4.79 Å². The van der Waals surface area contributed by atoms with Crippen LogP contribution < -0.4 is 11.1 Å². The number of nitrogens with two attached hydrogens (primary N) is 1. The van der Waals surface area contributed by atoms with E-state index >= 15 is 0 Å². The van der Waals surface area contributed by atoms with Crippen molar-refractivity contribution >= 4 is 11.9 Å². The highest BCUT2D eigenvalue weighted by molar-refractivity contribution is 5.96. The van der Waals surface area contributed by atoms with Gasteiger partial charge in [-0.3, -0.25) is 15.0 Å². The van der Waals surface area contributed by atoms with Crippen molar-refractivity contribution in [3.63, 3.8) is 0 Å². The molecule has 1 aliphatic rings. The highest BCUT2D eigenvalue weighted by Crippen LogP contribution is 2.18. The Morgan fingerprint density at radius 2 is 2.19 bits per heavy atom. The Labute approximate surface area is 94.8 Å². The monoisotopic (exact) mass is 229 g/mol. The second-order valence-electron chi connectivity index (χ2n) is 4.36. The molecule has 0 aliphatic carbocycles. The molecule has 4 N–H and O–H groups in total. The average molecular weight is 229 g/mol. The lowest BCUT2D eigenvalue weighted by atomic mass is 9.95. The number of urea groups is 1. The summed E-state index contributed by atoms with van der Waals surface area (Å²) in [5.41, 5.74) is 4.87. The number of rotatable bonds is 2. The number of nitrogens with one attached hydrogen (secondary N) is 1. The van der Waals surface area contributed by atoms with Gasteiger partial charge in [0.15, 0.2) is 0 Å². The summed E-state index contributed by atoms with van der Waals surface area (Å²) in [5.74, 6) is -0.170. The van der Waals surface area contributed by atoms with Crippen LogP contribution in [0.3, 0.4) is 0 Å². The zero-order valence-corrected chi connectivity index (χ0v) is 9.64. The number of likely N-dealkylation sites (tertiary alicyclic amines) is 1. The maximum Gasteiger partial charge on any atom is 0.318 e. The number of carbonyl (C=O) groups excluding carboxylic acids is 2. The topological polar surface area (TPSA) is 95.7 Å². The zero-order chi connectivity index (χ0) is 12.3. The van der Waals surface area contributed by atoms with Crippen LogP contribution in [0.5, 0.6) is 0 Å². The van der Waals surface area contributed by atoms with Crippen LogP contribution in [0, 0.1) is 5.92 Å². The van der Waals surface area contributed by atoms with Crippen LogP contribution in [-0.2, 0) is 4.79 Å². The van der Waals surface area contributed by atoms with Gasteiger partial charge in [0.05, 0.1) is 12.1 Å². The van der Waals surface area contributed by atoms with E-state index < -0.39 is 24.1 Å². The lowest BCUT2D eigenvalue weighted by molar-refractivity contribution is -0.126. The van der Waals surface area contributed by atoms with E-state index in [9.17, 15) is 14.7 Å². The Kier molecular flexibility index (Phi) is 4.26. The molecule has 16 heavy (non-hydrogen) atoms. The smallest absolute Gasteiger partial charge is 0.318 e. The Hall–Kier alpha value is -1.14. The SMILES string of the molecule is CC1CCN(C(C)C(=O)NC(N)=O)CC1O. The Balaban J connectivity index is 2.51. The second-order valence-corrected chi connectivity index (χ2v) is 4.36. The van der Waals surface area contributed by atoms with E-state index in [1.807, 2.05) is 17.1 Å². The van der Waals surface area contributed by atoms with Gasteiger partial charge in [-0.1, -0.05) is 6.92 Å².